The Morgan fingerprint density at radius 2 is 2.16 bits per heavy atom. The molecule has 7 heteroatoms. The number of thiazole rings is 1. The zero-order valence-electron chi connectivity index (χ0n) is 13.8. The molecule has 2 aromatic rings. The maximum atomic E-state index is 13.7. The number of aliphatic carboxylic acids is 1. The van der Waals surface area contributed by atoms with Crippen LogP contribution in [0.3, 0.4) is 0 Å². The molecule has 1 aliphatic rings. The quantitative estimate of drug-likeness (QED) is 0.907. The number of piperidine rings is 1. The molecule has 5 nitrogen and oxygen atoms in total. The molecule has 1 saturated heterocycles. The standard InChI is InChI=1S/C18H19FN2O3S/c1-11-13(18(23)24)6-4-8-21(11)17(22)15-10-25-16(20-15)9-12-5-2-3-7-14(12)19/h2-3,5,7,10-11,13H,4,6,8-9H2,1H3,(H,23,24)/t11-,13-/m1/s1. The minimum atomic E-state index is -0.872. The van der Waals surface area contributed by atoms with Crippen molar-refractivity contribution in [2.45, 2.75) is 32.2 Å². The summed E-state index contributed by atoms with van der Waals surface area (Å²) in [5, 5.41) is 11.6. The van der Waals surface area contributed by atoms with Crippen molar-refractivity contribution in [3.8, 4) is 0 Å². The third-order valence-electron chi connectivity index (χ3n) is 4.64. The summed E-state index contributed by atoms with van der Waals surface area (Å²) in [6.45, 7) is 2.30. The molecule has 2 atom stereocenters. The highest BCUT2D eigenvalue weighted by atomic mass is 32.1. The van der Waals surface area contributed by atoms with Gasteiger partial charge >= 0.3 is 5.97 Å². The largest absolute Gasteiger partial charge is 0.481 e. The Hall–Kier alpha value is -2.28. The number of carbonyl (C=O) groups is 2. The summed E-state index contributed by atoms with van der Waals surface area (Å²) in [6.07, 6.45) is 1.58. The molecule has 25 heavy (non-hydrogen) atoms. The fourth-order valence-electron chi connectivity index (χ4n) is 3.20. The molecule has 0 radical (unpaired) electrons. The normalized spacial score (nSPS) is 20.5. The van der Waals surface area contributed by atoms with Gasteiger partial charge in [-0.3, -0.25) is 9.59 Å². The number of carboxylic acids is 1. The van der Waals surface area contributed by atoms with Crippen molar-refractivity contribution >= 4 is 23.2 Å². The van der Waals surface area contributed by atoms with E-state index in [0.29, 0.717) is 42.1 Å². The van der Waals surface area contributed by atoms with Crippen molar-refractivity contribution in [1.29, 1.82) is 0 Å². The molecule has 1 fully saturated rings. The van der Waals surface area contributed by atoms with Gasteiger partial charge in [0.1, 0.15) is 11.5 Å². The van der Waals surface area contributed by atoms with Crippen LogP contribution in [0.4, 0.5) is 4.39 Å². The van der Waals surface area contributed by atoms with Crippen LogP contribution >= 0.6 is 11.3 Å². The second kappa shape index (κ2) is 7.31. The number of amides is 1. The predicted molar refractivity (Wildman–Crippen MR) is 92.2 cm³/mol. The molecule has 1 aromatic heterocycles. The topological polar surface area (TPSA) is 70.5 Å². The van der Waals surface area contributed by atoms with E-state index in [0.717, 1.165) is 0 Å². The second-order valence-corrected chi connectivity index (χ2v) is 7.16. The van der Waals surface area contributed by atoms with Gasteiger partial charge in [-0.05, 0) is 31.4 Å². The number of carboxylic acid groups (broad SMARTS) is 1. The van der Waals surface area contributed by atoms with E-state index in [1.165, 1.54) is 17.4 Å². The molecule has 132 valence electrons. The van der Waals surface area contributed by atoms with E-state index in [-0.39, 0.29) is 17.8 Å². The van der Waals surface area contributed by atoms with Crippen molar-refractivity contribution in [1.82, 2.24) is 9.88 Å². The Kier molecular flexibility index (Phi) is 5.13. The Morgan fingerprint density at radius 3 is 2.88 bits per heavy atom. The van der Waals surface area contributed by atoms with Crippen molar-refractivity contribution in [3.05, 3.63) is 51.7 Å². The minimum absolute atomic E-state index is 0.255. The van der Waals surface area contributed by atoms with Crippen LogP contribution in [0.2, 0.25) is 0 Å². The molecule has 2 heterocycles. The molecule has 1 amide bonds. The zero-order valence-corrected chi connectivity index (χ0v) is 14.6. The van der Waals surface area contributed by atoms with Crippen LogP contribution in [-0.4, -0.2) is 39.5 Å². The van der Waals surface area contributed by atoms with E-state index < -0.39 is 11.9 Å². The molecule has 1 aliphatic heterocycles. The number of likely N-dealkylation sites (tertiary alicyclic amines) is 1. The molecule has 0 unspecified atom stereocenters. The minimum Gasteiger partial charge on any atom is -0.481 e. The average Bonchev–Trinajstić information content (AvgIpc) is 3.05. The average molecular weight is 362 g/mol. The van der Waals surface area contributed by atoms with Gasteiger partial charge in [0.15, 0.2) is 0 Å². The van der Waals surface area contributed by atoms with Crippen molar-refractivity contribution in [2.75, 3.05) is 6.54 Å². The Morgan fingerprint density at radius 1 is 1.40 bits per heavy atom. The number of hydrogen-bond donors (Lipinski definition) is 1. The molecule has 1 N–H and O–H groups in total. The fraction of sp³-hybridized carbons (Fsp3) is 0.389. The maximum Gasteiger partial charge on any atom is 0.308 e. The lowest BCUT2D eigenvalue weighted by atomic mass is 9.90. The first-order valence-corrected chi connectivity index (χ1v) is 9.07. The number of carbonyl (C=O) groups excluding carboxylic acids is 1. The summed E-state index contributed by atoms with van der Waals surface area (Å²) in [6, 6.07) is 6.13. The summed E-state index contributed by atoms with van der Waals surface area (Å²) in [5.74, 6) is -1.97. The van der Waals surface area contributed by atoms with Crippen LogP contribution in [0.1, 0.15) is 40.8 Å². The summed E-state index contributed by atoms with van der Waals surface area (Å²) >= 11 is 1.31. The lowest BCUT2D eigenvalue weighted by Crippen LogP contribution is -2.49. The first kappa shape index (κ1) is 17.5. The number of nitrogens with zero attached hydrogens (tertiary/aromatic N) is 2. The number of rotatable bonds is 4. The first-order valence-electron chi connectivity index (χ1n) is 8.19. The number of halogens is 1. The third-order valence-corrected chi connectivity index (χ3v) is 5.49. The maximum absolute atomic E-state index is 13.7. The van der Waals surface area contributed by atoms with E-state index in [9.17, 15) is 19.1 Å². The molecule has 0 spiro atoms. The fourth-order valence-corrected chi connectivity index (χ4v) is 3.99. The molecular formula is C18H19FN2O3S. The number of aromatic nitrogens is 1. The van der Waals surface area contributed by atoms with Gasteiger partial charge in [0.25, 0.3) is 5.91 Å². The third kappa shape index (κ3) is 3.71. The van der Waals surface area contributed by atoms with Gasteiger partial charge in [-0.15, -0.1) is 11.3 Å². The van der Waals surface area contributed by atoms with Crippen molar-refractivity contribution < 1.29 is 19.1 Å². The highest BCUT2D eigenvalue weighted by Gasteiger charge is 2.36. The highest BCUT2D eigenvalue weighted by molar-refractivity contribution is 7.09. The van der Waals surface area contributed by atoms with Gasteiger partial charge in [0.05, 0.1) is 10.9 Å². The van der Waals surface area contributed by atoms with Gasteiger partial charge < -0.3 is 10.0 Å². The SMILES string of the molecule is C[C@@H]1[C@H](C(=O)O)CCCN1C(=O)c1csc(Cc2ccccc2F)n1. The summed E-state index contributed by atoms with van der Waals surface area (Å²) in [7, 11) is 0. The van der Waals surface area contributed by atoms with Gasteiger partial charge in [-0.25, -0.2) is 9.37 Å². The van der Waals surface area contributed by atoms with E-state index in [4.69, 9.17) is 0 Å². The van der Waals surface area contributed by atoms with Crippen LogP contribution in [0.25, 0.3) is 0 Å². The van der Waals surface area contributed by atoms with E-state index in [2.05, 4.69) is 4.98 Å². The molecule has 3 rings (SSSR count). The lowest BCUT2D eigenvalue weighted by molar-refractivity contribution is -0.144. The zero-order chi connectivity index (χ0) is 18.0. The Labute approximate surface area is 149 Å². The molecule has 1 aromatic carbocycles. The molecule has 0 bridgehead atoms. The van der Waals surface area contributed by atoms with Gasteiger partial charge in [-0.2, -0.15) is 0 Å². The van der Waals surface area contributed by atoms with E-state index in [1.54, 1.807) is 35.4 Å². The van der Waals surface area contributed by atoms with Crippen LogP contribution in [0.5, 0.6) is 0 Å². The predicted octanol–water partition coefficient (Wildman–Crippen LogP) is 3.20. The first-order chi connectivity index (χ1) is 12.0. The van der Waals surface area contributed by atoms with E-state index >= 15 is 0 Å². The van der Waals surface area contributed by atoms with Gasteiger partial charge in [-0.1, -0.05) is 18.2 Å². The number of hydrogen-bond acceptors (Lipinski definition) is 4. The summed E-state index contributed by atoms with van der Waals surface area (Å²) in [5.41, 5.74) is 0.836. The molecular weight excluding hydrogens is 343 g/mol. The second-order valence-electron chi connectivity index (χ2n) is 6.22. The monoisotopic (exact) mass is 362 g/mol. The van der Waals surface area contributed by atoms with E-state index in [1.807, 2.05) is 0 Å². The van der Waals surface area contributed by atoms with Crippen molar-refractivity contribution in [2.24, 2.45) is 5.92 Å². The smallest absolute Gasteiger partial charge is 0.308 e. The van der Waals surface area contributed by atoms with Crippen molar-refractivity contribution in [3.63, 3.8) is 0 Å². The summed E-state index contributed by atoms with van der Waals surface area (Å²) in [4.78, 5) is 30.0. The highest BCUT2D eigenvalue weighted by Crippen LogP contribution is 2.26. The van der Waals surface area contributed by atoms with Crippen LogP contribution < -0.4 is 0 Å². The van der Waals surface area contributed by atoms with Crippen LogP contribution in [0.15, 0.2) is 29.6 Å². The molecule has 0 aliphatic carbocycles. The van der Waals surface area contributed by atoms with Crippen LogP contribution in [-0.2, 0) is 11.2 Å². The number of benzene rings is 1. The van der Waals surface area contributed by atoms with Gasteiger partial charge in [0.2, 0.25) is 0 Å². The molecule has 0 saturated carbocycles. The van der Waals surface area contributed by atoms with Crippen LogP contribution in [0, 0.1) is 11.7 Å². The Balaban J connectivity index is 1.74. The Bertz CT molecular complexity index is 792. The van der Waals surface area contributed by atoms with Gasteiger partial charge in [0, 0.05) is 24.4 Å². The summed E-state index contributed by atoms with van der Waals surface area (Å²) < 4.78 is 13.7. The lowest BCUT2D eigenvalue weighted by Gasteiger charge is -2.37.